The minimum absolute atomic E-state index is 0.000578. The first-order valence-corrected chi connectivity index (χ1v) is 6.99. The van der Waals surface area contributed by atoms with E-state index in [-0.39, 0.29) is 39.4 Å². The Labute approximate surface area is 138 Å². The van der Waals surface area contributed by atoms with E-state index >= 15 is 0 Å². The van der Waals surface area contributed by atoms with Gasteiger partial charge in [-0.1, -0.05) is 5.92 Å². The molecule has 3 aromatic heterocycles. The second-order valence-corrected chi connectivity index (χ2v) is 5.01. The minimum atomic E-state index is -0.757. The van der Waals surface area contributed by atoms with Gasteiger partial charge in [0.1, 0.15) is 5.82 Å². The average molecular weight is 337 g/mol. The third-order valence-corrected chi connectivity index (χ3v) is 3.40. The largest absolute Gasteiger partial charge is 0.401 e. The number of hydrogen-bond acceptors (Lipinski definition) is 8. The summed E-state index contributed by atoms with van der Waals surface area (Å²) in [4.78, 5) is 16.4. The minimum Gasteiger partial charge on any atom is -0.401 e. The normalized spacial score (nSPS) is 10.8. The van der Waals surface area contributed by atoms with Gasteiger partial charge < -0.3 is 10.2 Å². The zero-order chi connectivity index (χ0) is 17.6. The van der Waals surface area contributed by atoms with Crippen LogP contribution in [0, 0.1) is 17.7 Å². The number of hydrogen-bond donors (Lipinski definition) is 1. The first-order chi connectivity index (χ1) is 12.1. The van der Waals surface area contributed by atoms with Gasteiger partial charge in [0.25, 0.3) is 5.89 Å². The van der Waals surface area contributed by atoms with Crippen molar-refractivity contribution in [3.05, 3.63) is 40.0 Å². The van der Waals surface area contributed by atoms with E-state index in [1.165, 1.54) is 12.1 Å². The van der Waals surface area contributed by atoms with Crippen LogP contribution in [0.5, 0.6) is 0 Å². The lowest BCUT2D eigenvalue weighted by molar-refractivity contribution is 0.513. The number of nitrogen functional groups attached to an aromatic ring is 1. The quantitative estimate of drug-likeness (QED) is 0.505. The summed E-state index contributed by atoms with van der Waals surface area (Å²) in [5.74, 6) is 4.50. The maximum Gasteiger partial charge on any atom is 0.347 e. The monoisotopic (exact) mass is 337 g/mol. The third-order valence-electron chi connectivity index (χ3n) is 3.40. The van der Waals surface area contributed by atoms with E-state index in [1.807, 2.05) is 0 Å². The van der Waals surface area contributed by atoms with E-state index in [9.17, 15) is 9.18 Å². The molecular formula is C15H8FN7O2. The molecule has 25 heavy (non-hydrogen) atoms. The molecule has 0 atom stereocenters. The van der Waals surface area contributed by atoms with Gasteiger partial charge in [0.15, 0.2) is 5.69 Å². The lowest BCUT2D eigenvalue weighted by Crippen LogP contribution is -2.07. The van der Waals surface area contributed by atoms with Crippen LogP contribution < -0.4 is 11.4 Å². The van der Waals surface area contributed by atoms with E-state index < -0.39 is 11.4 Å². The Balaban J connectivity index is 1.99. The maximum atomic E-state index is 13.9. The Hall–Kier alpha value is -3.87. The highest BCUT2D eigenvalue weighted by molar-refractivity contribution is 5.80. The fourth-order valence-corrected chi connectivity index (χ4v) is 2.30. The van der Waals surface area contributed by atoms with Crippen LogP contribution in [0.15, 0.2) is 27.4 Å². The Morgan fingerprint density at radius 3 is 2.96 bits per heavy atom. The Bertz CT molecular complexity index is 1270. The van der Waals surface area contributed by atoms with E-state index in [0.717, 1.165) is 10.7 Å². The molecule has 0 radical (unpaired) electrons. The molecule has 0 saturated carbocycles. The molecule has 0 aliphatic rings. The third kappa shape index (κ3) is 2.34. The van der Waals surface area contributed by atoms with Crippen molar-refractivity contribution in [3.8, 4) is 23.4 Å². The van der Waals surface area contributed by atoms with Gasteiger partial charge in [0.2, 0.25) is 5.65 Å². The van der Waals surface area contributed by atoms with Crippen molar-refractivity contribution < 1.29 is 8.81 Å². The average Bonchev–Trinajstić information content (AvgIpc) is 3.05. The molecule has 3 heterocycles. The summed E-state index contributed by atoms with van der Waals surface area (Å²) in [6, 6.07) is 3.85. The number of nitrogens with two attached hydrogens (primary N) is 1. The number of aromatic nitrogens is 6. The van der Waals surface area contributed by atoms with Crippen molar-refractivity contribution in [3.63, 3.8) is 0 Å². The summed E-state index contributed by atoms with van der Waals surface area (Å²) in [6.07, 6.45) is 0. The van der Waals surface area contributed by atoms with Gasteiger partial charge in [-0.15, -0.1) is 20.7 Å². The summed E-state index contributed by atoms with van der Waals surface area (Å²) >= 11 is 0. The summed E-state index contributed by atoms with van der Waals surface area (Å²) in [7, 11) is 0. The van der Waals surface area contributed by atoms with Crippen molar-refractivity contribution in [1.82, 2.24) is 30.2 Å². The number of anilines is 1. The Morgan fingerprint density at radius 1 is 1.32 bits per heavy atom. The van der Waals surface area contributed by atoms with Crippen LogP contribution in [0.2, 0.25) is 0 Å². The van der Waals surface area contributed by atoms with E-state index in [4.69, 9.17) is 10.2 Å². The molecule has 1 aromatic carbocycles. The first-order valence-electron chi connectivity index (χ1n) is 6.99. The van der Waals surface area contributed by atoms with Gasteiger partial charge in [0, 0.05) is 0 Å². The highest BCUT2D eigenvalue weighted by Crippen LogP contribution is 2.21. The van der Waals surface area contributed by atoms with Gasteiger partial charge in [-0.3, -0.25) is 0 Å². The second-order valence-electron chi connectivity index (χ2n) is 5.01. The van der Waals surface area contributed by atoms with Crippen molar-refractivity contribution in [2.75, 3.05) is 5.73 Å². The molecule has 0 saturated heterocycles. The van der Waals surface area contributed by atoms with E-state index in [2.05, 4.69) is 37.4 Å². The van der Waals surface area contributed by atoms with Gasteiger partial charge in [-0.25, -0.2) is 14.2 Å². The fraction of sp³-hybridized carbons (Fsp3) is 0.0667. The zero-order valence-corrected chi connectivity index (χ0v) is 12.7. The molecule has 0 bridgehead atoms. The highest BCUT2D eigenvalue weighted by Gasteiger charge is 2.15. The lowest BCUT2D eigenvalue weighted by Gasteiger charge is -2.03. The van der Waals surface area contributed by atoms with Crippen LogP contribution in [0.4, 0.5) is 10.1 Å². The zero-order valence-electron chi connectivity index (χ0n) is 12.7. The van der Waals surface area contributed by atoms with E-state index in [0.29, 0.717) is 0 Å². The second kappa shape index (κ2) is 5.34. The highest BCUT2D eigenvalue weighted by atomic mass is 19.1. The molecule has 4 rings (SSSR count). The molecule has 2 N–H and O–H groups in total. The van der Waals surface area contributed by atoms with Crippen LogP contribution in [-0.2, 0) is 0 Å². The van der Waals surface area contributed by atoms with Gasteiger partial charge >= 0.3 is 5.63 Å². The fourth-order valence-electron chi connectivity index (χ4n) is 2.30. The first kappa shape index (κ1) is 14.7. The van der Waals surface area contributed by atoms with Gasteiger partial charge in [-0.2, -0.15) is 0 Å². The molecule has 4 aromatic rings. The van der Waals surface area contributed by atoms with Crippen molar-refractivity contribution in [2.24, 2.45) is 0 Å². The Morgan fingerprint density at radius 2 is 2.16 bits per heavy atom. The van der Waals surface area contributed by atoms with Crippen molar-refractivity contribution in [1.29, 1.82) is 0 Å². The Kier molecular flexibility index (Phi) is 3.14. The predicted octanol–water partition coefficient (Wildman–Crippen LogP) is 0.780. The molecule has 0 fully saturated rings. The molecule has 0 aliphatic heterocycles. The molecule has 10 heteroatoms. The number of fused-ring (bicyclic) bond motifs is 2. The SMILES string of the molecule is CC#Cc1cc2nc(-c3cc(N)c4nnnn4n3)oc(=O)c2cc1F. The molecule has 0 spiro atoms. The number of rotatable bonds is 1. The molecule has 122 valence electrons. The maximum absolute atomic E-state index is 13.9. The van der Waals surface area contributed by atoms with Crippen LogP contribution in [0.1, 0.15) is 12.5 Å². The van der Waals surface area contributed by atoms with Crippen LogP contribution in [0.25, 0.3) is 28.1 Å². The van der Waals surface area contributed by atoms with E-state index in [1.54, 1.807) is 6.92 Å². The predicted molar refractivity (Wildman–Crippen MR) is 84.8 cm³/mol. The number of halogens is 1. The molecule has 9 nitrogen and oxygen atoms in total. The van der Waals surface area contributed by atoms with Crippen LogP contribution in [-0.4, -0.2) is 30.2 Å². The molecule has 0 amide bonds. The summed E-state index contributed by atoms with van der Waals surface area (Å²) in [5.41, 5.74) is 6.10. The van der Waals surface area contributed by atoms with Gasteiger partial charge in [-0.05, 0) is 35.5 Å². The van der Waals surface area contributed by atoms with Crippen LogP contribution >= 0.6 is 0 Å². The van der Waals surface area contributed by atoms with Gasteiger partial charge in [0.05, 0.1) is 22.2 Å². The van der Waals surface area contributed by atoms with Crippen molar-refractivity contribution in [2.45, 2.75) is 6.92 Å². The number of nitrogens with zero attached hydrogens (tertiary/aromatic N) is 6. The standard InChI is InChI=1S/C15H8FN7O2/c1-2-3-7-4-11-8(5-9(7)16)15(24)25-14(18-11)12-6-10(17)13-19-21-22-23(13)20-12/h4-6H,17H2,1H3. The number of benzene rings is 1. The summed E-state index contributed by atoms with van der Waals surface area (Å²) in [5, 5.41) is 14.9. The smallest absolute Gasteiger partial charge is 0.347 e. The topological polar surface area (TPSA) is 125 Å². The molecule has 0 aliphatic carbocycles. The number of tetrazole rings is 1. The molecular weight excluding hydrogens is 329 g/mol. The van der Waals surface area contributed by atoms with Crippen LogP contribution in [0.3, 0.4) is 0 Å². The lowest BCUT2D eigenvalue weighted by atomic mass is 10.1. The molecule has 0 unspecified atom stereocenters. The summed E-state index contributed by atoms with van der Waals surface area (Å²) < 4.78 is 20.2. The van der Waals surface area contributed by atoms with Crippen molar-refractivity contribution >= 4 is 22.2 Å². The summed E-state index contributed by atoms with van der Waals surface area (Å²) in [6.45, 7) is 1.58.